The zero-order valence-electron chi connectivity index (χ0n) is 16.2. The third-order valence-electron chi connectivity index (χ3n) is 3.34. The molecule has 0 atom stereocenters. The molecule has 0 fully saturated rings. The molecule has 0 amide bonds. The van der Waals surface area contributed by atoms with Crippen LogP contribution in [0.1, 0.15) is 33.3 Å². The van der Waals surface area contributed by atoms with Gasteiger partial charge in [0, 0.05) is 31.4 Å². The molecule has 2 N–H and O–H groups in total. The molecule has 0 saturated carbocycles. The van der Waals surface area contributed by atoms with Gasteiger partial charge < -0.3 is 20.1 Å². The number of aromatic nitrogens is 1. The van der Waals surface area contributed by atoms with E-state index in [1.54, 1.807) is 13.2 Å². The molecule has 1 heterocycles. The molecule has 1 aromatic carbocycles. The minimum Gasteiger partial charge on any atom is -0.490 e. The number of pyridine rings is 1. The molecule has 0 aliphatic heterocycles. The molecule has 0 aliphatic rings. The van der Waals surface area contributed by atoms with Gasteiger partial charge in [0.2, 0.25) is 5.88 Å². The highest BCUT2D eigenvalue weighted by Gasteiger charge is 2.11. The summed E-state index contributed by atoms with van der Waals surface area (Å²) in [6.45, 7) is 9.43. The number of hydrogen-bond donors (Lipinski definition) is 2. The molecule has 2 aromatic rings. The molecule has 0 bridgehead atoms. The van der Waals surface area contributed by atoms with Crippen molar-refractivity contribution in [2.24, 2.45) is 4.99 Å². The minimum atomic E-state index is -0.0499. The first-order valence-corrected chi connectivity index (χ1v) is 8.74. The summed E-state index contributed by atoms with van der Waals surface area (Å²) in [5.41, 5.74) is 0.985. The third kappa shape index (κ3) is 6.27. The van der Waals surface area contributed by atoms with Crippen LogP contribution >= 0.6 is 0 Å². The van der Waals surface area contributed by atoms with Crippen LogP contribution in [0.2, 0.25) is 0 Å². The highest BCUT2D eigenvalue weighted by molar-refractivity contribution is 5.80. The lowest BCUT2D eigenvalue weighted by molar-refractivity contribution is 0.319. The van der Waals surface area contributed by atoms with Crippen molar-refractivity contribution in [3.8, 4) is 17.4 Å². The van der Waals surface area contributed by atoms with E-state index in [2.05, 4.69) is 41.4 Å². The molecule has 140 valence electrons. The fourth-order valence-corrected chi connectivity index (χ4v) is 2.22. The van der Waals surface area contributed by atoms with E-state index in [0.29, 0.717) is 30.5 Å². The summed E-state index contributed by atoms with van der Waals surface area (Å²) in [6, 6.07) is 11.4. The number of aliphatic imine (C=N–C) groups is 1. The summed E-state index contributed by atoms with van der Waals surface area (Å²) in [6.07, 6.45) is 1.79. The van der Waals surface area contributed by atoms with Gasteiger partial charge in [-0.15, -0.1) is 0 Å². The number of ether oxygens (including phenoxy) is 2. The van der Waals surface area contributed by atoms with E-state index in [-0.39, 0.29) is 5.54 Å². The lowest BCUT2D eigenvalue weighted by Crippen LogP contribution is -2.47. The van der Waals surface area contributed by atoms with Gasteiger partial charge in [0.05, 0.1) is 6.61 Å². The molecule has 6 nitrogen and oxygen atoms in total. The Labute approximate surface area is 155 Å². The van der Waals surface area contributed by atoms with Gasteiger partial charge in [0.15, 0.2) is 17.5 Å². The van der Waals surface area contributed by atoms with E-state index in [9.17, 15) is 0 Å². The number of hydrogen-bond acceptors (Lipinski definition) is 4. The highest BCUT2D eigenvalue weighted by atomic mass is 16.5. The normalized spacial score (nSPS) is 11.8. The summed E-state index contributed by atoms with van der Waals surface area (Å²) in [4.78, 5) is 8.60. The molecule has 0 unspecified atom stereocenters. The fraction of sp³-hybridized carbons (Fsp3) is 0.400. The van der Waals surface area contributed by atoms with Gasteiger partial charge in [-0.2, -0.15) is 0 Å². The van der Waals surface area contributed by atoms with E-state index in [1.807, 2.05) is 43.3 Å². The summed E-state index contributed by atoms with van der Waals surface area (Å²) in [5, 5.41) is 6.59. The Morgan fingerprint density at radius 3 is 2.42 bits per heavy atom. The molecule has 1 aromatic heterocycles. The van der Waals surface area contributed by atoms with Gasteiger partial charge in [-0.1, -0.05) is 18.2 Å². The first-order valence-electron chi connectivity index (χ1n) is 8.74. The molecule has 6 heteroatoms. The Kier molecular flexibility index (Phi) is 6.83. The van der Waals surface area contributed by atoms with Crippen LogP contribution in [0.3, 0.4) is 0 Å². The second kappa shape index (κ2) is 9.08. The lowest BCUT2D eigenvalue weighted by Gasteiger charge is -2.23. The van der Waals surface area contributed by atoms with E-state index < -0.39 is 0 Å². The Morgan fingerprint density at radius 2 is 1.85 bits per heavy atom. The lowest BCUT2D eigenvalue weighted by atomic mass is 10.1. The zero-order valence-corrected chi connectivity index (χ0v) is 16.2. The number of rotatable bonds is 6. The predicted molar refractivity (Wildman–Crippen MR) is 105 cm³/mol. The number of para-hydroxylation sites is 2. The van der Waals surface area contributed by atoms with E-state index >= 15 is 0 Å². The quantitative estimate of drug-likeness (QED) is 0.610. The average Bonchev–Trinajstić information content (AvgIpc) is 2.61. The van der Waals surface area contributed by atoms with Crippen molar-refractivity contribution < 1.29 is 9.47 Å². The summed E-state index contributed by atoms with van der Waals surface area (Å²) < 4.78 is 11.4. The van der Waals surface area contributed by atoms with Crippen molar-refractivity contribution in [2.75, 3.05) is 13.7 Å². The Bertz CT molecular complexity index is 721. The molecule has 0 aliphatic carbocycles. The number of benzene rings is 1. The van der Waals surface area contributed by atoms with Gasteiger partial charge in [-0.25, -0.2) is 4.98 Å². The Morgan fingerprint density at radius 1 is 1.12 bits per heavy atom. The van der Waals surface area contributed by atoms with Crippen molar-refractivity contribution in [2.45, 2.75) is 39.8 Å². The molecular formula is C20H28N4O2. The second-order valence-corrected chi connectivity index (χ2v) is 6.79. The van der Waals surface area contributed by atoms with Crippen LogP contribution in [0.4, 0.5) is 0 Å². The van der Waals surface area contributed by atoms with Crippen molar-refractivity contribution in [3.63, 3.8) is 0 Å². The van der Waals surface area contributed by atoms with Crippen LogP contribution in [-0.2, 0) is 6.54 Å². The Hall–Kier alpha value is -2.76. The first-order chi connectivity index (χ1) is 12.4. The zero-order chi connectivity index (χ0) is 19.0. The van der Waals surface area contributed by atoms with Crippen molar-refractivity contribution >= 4 is 5.96 Å². The molecular weight excluding hydrogens is 328 g/mol. The maximum atomic E-state index is 5.84. The fourth-order valence-electron chi connectivity index (χ4n) is 2.22. The largest absolute Gasteiger partial charge is 0.490 e. The monoisotopic (exact) mass is 356 g/mol. The Balaban J connectivity index is 1.96. The maximum Gasteiger partial charge on any atom is 0.219 e. The van der Waals surface area contributed by atoms with Crippen LogP contribution in [0.25, 0.3) is 0 Å². The molecule has 26 heavy (non-hydrogen) atoms. The second-order valence-electron chi connectivity index (χ2n) is 6.79. The smallest absolute Gasteiger partial charge is 0.219 e. The standard InChI is InChI=1S/C20H28N4O2/c1-6-25-16-9-7-8-10-17(16)26-18-12-11-15(13-22-18)14-23-19(21-5)24-20(2,3)4/h7-13H,6,14H2,1-5H3,(H2,21,23,24). The molecule has 0 saturated heterocycles. The van der Waals surface area contributed by atoms with Crippen LogP contribution in [-0.4, -0.2) is 30.1 Å². The van der Waals surface area contributed by atoms with Crippen molar-refractivity contribution in [1.82, 2.24) is 15.6 Å². The van der Waals surface area contributed by atoms with Gasteiger partial charge in [-0.3, -0.25) is 4.99 Å². The number of nitrogens with one attached hydrogen (secondary N) is 2. The van der Waals surface area contributed by atoms with Gasteiger partial charge in [-0.05, 0) is 45.4 Å². The van der Waals surface area contributed by atoms with Crippen LogP contribution in [0.5, 0.6) is 17.4 Å². The topological polar surface area (TPSA) is 67.8 Å². The van der Waals surface area contributed by atoms with Gasteiger partial charge in [0.1, 0.15) is 0 Å². The van der Waals surface area contributed by atoms with E-state index in [1.165, 1.54) is 0 Å². The summed E-state index contributed by atoms with van der Waals surface area (Å²) in [7, 11) is 1.76. The van der Waals surface area contributed by atoms with Crippen molar-refractivity contribution in [3.05, 3.63) is 48.2 Å². The van der Waals surface area contributed by atoms with Gasteiger partial charge in [0.25, 0.3) is 0 Å². The first kappa shape index (κ1) is 19.6. The maximum absolute atomic E-state index is 5.84. The molecule has 0 radical (unpaired) electrons. The predicted octanol–water partition coefficient (Wildman–Crippen LogP) is 3.74. The minimum absolute atomic E-state index is 0.0499. The van der Waals surface area contributed by atoms with Crippen LogP contribution < -0.4 is 20.1 Å². The van der Waals surface area contributed by atoms with Crippen LogP contribution in [0, 0.1) is 0 Å². The number of guanidine groups is 1. The van der Waals surface area contributed by atoms with Crippen molar-refractivity contribution in [1.29, 1.82) is 0 Å². The molecule has 0 spiro atoms. The summed E-state index contributed by atoms with van der Waals surface area (Å²) >= 11 is 0. The van der Waals surface area contributed by atoms with Gasteiger partial charge >= 0.3 is 0 Å². The molecule has 2 rings (SSSR count). The third-order valence-corrected chi connectivity index (χ3v) is 3.34. The average molecular weight is 356 g/mol. The highest BCUT2D eigenvalue weighted by Crippen LogP contribution is 2.30. The summed E-state index contributed by atoms with van der Waals surface area (Å²) in [5.74, 6) is 2.64. The SMILES string of the molecule is CCOc1ccccc1Oc1ccc(CNC(=NC)NC(C)(C)C)cn1. The van der Waals surface area contributed by atoms with Crippen LogP contribution in [0.15, 0.2) is 47.6 Å². The number of nitrogens with zero attached hydrogens (tertiary/aromatic N) is 2. The van der Waals surface area contributed by atoms with E-state index in [0.717, 1.165) is 11.5 Å². The van der Waals surface area contributed by atoms with E-state index in [4.69, 9.17) is 9.47 Å².